The third kappa shape index (κ3) is 3.31. The highest BCUT2D eigenvalue weighted by Gasteiger charge is 2.11. The minimum absolute atomic E-state index is 0.471. The molecular formula is C13H13FIN3O. The second-order valence-corrected chi connectivity index (χ2v) is 4.89. The average Bonchev–Trinajstić information content (AvgIpc) is 2.42. The van der Waals surface area contributed by atoms with Gasteiger partial charge in [-0.15, -0.1) is 0 Å². The SMILES string of the molecule is CCc1nc(F)nc(Nc2cccc(OC)c2)c1I. The van der Waals surface area contributed by atoms with Crippen molar-refractivity contribution in [3.63, 3.8) is 0 Å². The quantitative estimate of drug-likeness (QED) is 0.658. The zero-order valence-corrected chi connectivity index (χ0v) is 12.7. The van der Waals surface area contributed by atoms with E-state index in [0.717, 1.165) is 15.0 Å². The number of aromatic nitrogens is 2. The molecule has 19 heavy (non-hydrogen) atoms. The van der Waals surface area contributed by atoms with E-state index in [1.807, 2.05) is 31.2 Å². The fraction of sp³-hybridized carbons (Fsp3) is 0.231. The van der Waals surface area contributed by atoms with Gasteiger partial charge in [0.05, 0.1) is 16.4 Å². The Labute approximate surface area is 124 Å². The zero-order valence-electron chi connectivity index (χ0n) is 10.6. The monoisotopic (exact) mass is 373 g/mol. The molecule has 2 aromatic rings. The normalized spacial score (nSPS) is 10.3. The molecule has 0 atom stereocenters. The summed E-state index contributed by atoms with van der Waals surface area (Å²) < 4.78 is 19.3. The lowest BCUT2D eigenvalue weighted by molar-refractivity contribution is 0.415. The molecule has 6 heteroatoms. The van der Waals surface area contributed by atoms with Gasteiger partial charge >= 0.3 is 6.08 Å². The Kier molecular flexibility index (Phi) is 4.52. The molecule has 0 aliphatic rings. The minimum atomic E-state index is -0.720. The molecule has 0 unspecified atom stereocenters. The molecule has 0 spiro atoms. The first-order valence-electron chi connectivity index (χ1n) is 5.77. The summed E-state index contributed by atoms with van der Waals surface area (Å²) in [6, 6.07) is 7.38. The van der Waals surface area contributed by atoms with Crippen molar-refractivity contribution in [2.45, 2.75) is 13.3 Å². The van der Waals surface area contributed by atoms with Crippen LogP contribution in [0.25, 0.3) is 0 Å². The highest BCUT2D eigenvalue weighted by molar-refractivity contribution is 14.1. The van der Waals surface area contributed by atoms with Crippen molar-refractivity contribution in [2.75, 3.05) is 12.4 Å². The van der Waals surface area contributed by atoms with Gasteiger partial charge in [0.2, 0.25) is 0 Å². The summed E-state index contributed by atoms with van der Waals surface area (Å²) in [4.78, 5) is 7.57. The first-order valence-corrected chi connectivity index (χ1v) is 6.85. The average molecular weight is 373 g/mol. The van der Waals surface area contributed by atoms with Gasteiger partial charge in [-0.2, -0.15) is 9.37 Å². The summed E-state index contributed by atoms with van der Waals surface area (Å²) in [6.07, 6.45) is -0.0625. The lowest BCUT2D eigenvalue weighted by Crippen LogP contribution is -2.05. The van der Waals surface area contributed by atoms with Crippen LogP contribution in [0.15, 0.2) is 24.3 Å². The number of ether oxygens (including phenoxy) is 1. The van der Waals surface area contributed by atoms with Gasteiger partial charge in [-0.05, 0) is 41.1 Å². The van der Waals surface area contributed by atoms with Gasteiger partial charge < -0.3 is 10.1 Å². The Morgan fingerprint density at radius 1 is 1.37 bits per heavy atom. The van der Waals surface area contributed by atoms with E-state index in [9.17, 15) is 4.39 Å². The molecule has 0 saturated carbocycles. The van der Waals surface area contributed by atoms with Crippen molar-refractivity contribution in [1.29, 1.82) is 0 Å². The minimum Gasteiger partial charge on any atom is -0.497 e. The molecule has 100 valence electrons. The van der Waals surface area contributed by atoms with Crippen molar-refractivity contribution in [2.24, 2.45) is 0 Å². The van der Waals surface area contributed by atoms with Gasteiger partial charge in [-0.25, -0.2) is 4.98 Å². The Hall–Kier alpha value is -1.44. The fourth-order valence-corrected chi connectivity index (χ4v) is 2.38. The third-order valence-electron chi connectivity index (χ3n) is 2.56. The highest BCUT2D eigenvalue weighted by Crippen LogP contribution is 2.25. The van der Waals surface area contributed by atoms with Gasteiger partial charge in [-0.1, -0.05) is 13.0 Å². The molecule has 4 nitrogen and oxygen atoms in total. The van der Waals surface area contributed by atoms with Crippen LogP contribution >= 0.6 is 22.6 Å². The van der Waals surface area contributed by atoms with Gasteiger partial charge in [0.15, 0.2) is 5.82 Å². The molecule has 1 aromatic heterocycles. The van der Waals surface area contributed by atoms with Crippen LogP contribution in [0.4, 0.5) is 15.9 Å². The maximum absolute atomic E-state index is 13.4. The van der Waals surface area contributed by atoms with E-state index in [1.165, 1.54) is 0 Å². The topological polar surface area (TPSA) is 47.0 Å². The van der Waals surface area contributed by atoms with Crippen molar-refractivity contribution in [3.8, 4) is 5.75 Å². The number of nitrogens with zero attached hydrogens (tertiary/aromatic N) is 2. The van der Waals surface area contributed by atoms with Crippen LogP contribution < -0.4 is 10.1 Å². The van der Waals surface area contributed by atoms with Crippen LogP contribution in [0, 0.1) is 9.65 Å². The van der Waals surface area contributed by atoms with Gasteiger partial charge in [-0.3, -0.25) is 0 Å². The predicted molar refractivity (Wildman–Crippen MR) is 80.4 cm³/mol. The summed E-state index contributed by atoms with van der Waals surface area (Å²) in [5, 5.41) is 3.08. The number of aryl methyl sites for hydroxylation is 1. The van der Waals surface area contributed by atoms with E-state index in [4.69, 9.17) is 4.74 Å². The summed E-state index contributed by atoms with van der Waals surface area (Å²) in [7, 11) is 1.60. The summed E-state index contributed by atoms with van der Waals surface area (Å²) >= 11 is 2.12. The van der Waals surface area contributed by atoms with Gasteiger partial charge in [0.1, 0.15) is 5.75 Å². The Morgan fingerprint density at radius 3 is 2.84 bits per heavy atom. The highest BCUT2D eigenvalue weighted by atomic mass is 127. The summed E-state index contributed by atoms with van der Waals surface area (Å²) in [6.45, 7) is 1.93. The van der Waals surface area contributed by atoms with Crippen LogP contribution in [-0.2, 0) is 6.42 Å². The first-order chi connectivity index (χ1) is 9.13. The van der Waals surface area contributed by atoms with E-state index >= 15 is 0 Å². The molecule has 1 N–H and O–H groups in total. The van der Waals surface area contributed by atoms with Crippen LogP contribution in [-0.4, -0.2) is 17.1 Å². The van der Waals surface area contributed by atoms with Gasteiger partial charge in [0.25, 0.3) is 0 Å². The van der Waals surface area contributed by atoms with Crippen molar-refractivity contribution >= 4 is 34.1 Å². The number of hydrogen-bond donors (Lipinski definition) is 1. The Morgan fingerprint density at radius 2 is 2.16 bits per heavy atom. The van der Waals surface area contributed by atoms with Crippen molar-refractivity contribution in [1.82, 2.24) is 9.97 Å². The number of anilines is 2. The Balaban J connectivity index is 2.34. The molecule has 0 aliphatic carbocycles. The van der Waals surface area contributed by atoms with E-state index in [1.54, 1.807) is 7.11 Å². The summed E-state index contributed by atoms with van der Waals surface area (Å²) in [5.74, 6) is 1.20. The predicted octanol–water partition coefficient (Wildman–Crippen LogP) is 3.53. The number of benzene rings is 1. The maximum Gasteiger partial charge on any atom is 0.310 e. The Bertz CT molecular complexity index is 592. The van der Waals surface area contributed by atoms with Crippen molar-refractivity contribution < 1.29 is 9.13 Å². The lowest BCUT2D eigenvalue weighted by Gasteiger charge is -2.10. The molecule has 1 heterocycles. The van der Waals surface area contributed by atoms with Gasteiger partial charge in [0, 0.05) is 11.8 Å². The smallest absolute Gasteiger partial charge is 0.310 e. The molecule has 1 aromatic carbocycles. The molecule has 2 rings (SSSR count). The number of rotatable bonds is 4. The molecule has 0 saturated heterocycles. The van der Waals surface area contributed by atoms with E-state index in [-0.39, 0.29) is 0 Å². The van der Waals surface area contributed by atoms with E-state index in [2.05, 4.69) is 37.9 Å². The molecule has 0 amide bonds. The standard InChI is InChI=1S/C13H13FIN3O/c1-3-10-11(15)12(18-13(14)17-10)16-8-5-4-6-9(7-8)19-2/h4-7H,3H2,1-2H3,(H,16,17,18). The zero-order chi connectivity index (χ0) is 13.8. The number of hydrogen-bond acceptors (Lipinski definition) is 4. The number of methoxy groups -OCH3 is 1. The second-order valence-electron chi connectivity index (χ2n) is 3.81. The maximum atomic E-state index is 13.4. The molecule has 0 aliphatic heterocycles. The largest absolute Gasteiger partial charge is 0.497 e. The second kappa shape index (κ2) is 6.14. The molecular weight excluding hydrogens is 360 g/mol. The van der Waals surface area contributed by atoms with Crippen LogP contribution in [0.1, 0.15) is 12.6 Å². The van der Waals surface area contributed by atoms with Crippen LogP contribution in [0.2, 0.25) is 0 Å². The lowest BCUT2D eigenvalue weighted by atomic mass is 10.3. The molecule has 0 fully saturated rings. The van der Waals surface area contributed by atoms with E-state index in [0.29, 0.717) is 17.9 Å². The number of halogens is 2. The summed E-state index contributed by atoms with van der Waals surface area (Å²) in [5.41, 5.74) is 1.48. The fourth-order valence-electron chi connectivity index (χ4n) is 1.62. The molecule has 0 bridgehead atoms. The van der Waals surface area contributed by atoms with Crippen LogP contribution in [0.3, 0.4) is 0 Å². The number of nitrogens with one attached hydrogen (secondary N) is 1. The van der Waals surface area contributed by atoms with E-state index < -0.39 is 6.08 Å². The molecule has 0 radical (unpaired) electrons. The van der Waals surface area contributed by atoms with Crippen molar-refractivity contribution in [3.05, 3.63) is 39.6 Å². The third-order valence-corrected chi connectivity index (χ3v) is 3.69. The first kappa shape index (κ1) is 14.0. The van der Waals surface area contributed by atoms with Crippen LogP contribution in [0.5, 0.6) is 5.75 Å².